The summed E-state index contributed by atoms with van der Waals surface area (Å²) < 4.78 is 20.3. The third kappa shape index (κ3) is 4.51. The van der Waals surface area contributed by atoms with Crippen LogP contribution in [0.2, 0.25) is 0 Å². The average molecular weight is 440 g/mol. The van der Waals surface area contributed by atoms with E-state index in [1.807, 2.05) is 25.1 Å². The van der Waals surface area contributed by atoms with Crippen molar-refractivity contribution in [2.24, 2.45) is 0 Å². The molecule has 0 saturated heterocycles. The molecule has 0 fully saturated rings. The van der Waals surface area contributed by atoms with Gasteiger partial charge >= 0.3 is 0 Å². The smallest absolute Gasteiger partial charge is 0.126 e. The largest absolute Gasteiger partial charge is 0.490 e. The van der Waals surface area contributed by atoms with Crippen LogP contribution in [0.5, 0.6) is 5.75 Å². The van der Waals surface area contributed by atoms with E-state index in [2.05, 4.69) is 72.9 Å². The fraction of sp³-hybridized carbons (Fsp3) is 0.267. The highest BCUT2D eigenvalue weighted by atomic mass is 19.1. The molecule has 1 aliphatic heterocycles. The predicted molar refractivity (Wildman–Crippen MR) is 133 cm³/mol. The van der Waals surface area contributed by atoms with Gasteiger partial charge in [0.1, 0.15) is 17.7 Å². The van der Waals surface area contributed by atoms with Crippen molar-refractivity contribution in [2.75, 3.05) is 6.54 Å². The molecule has 0 bridgehead atoms. The molecular formula is C30H30FNO. The highest BCUT2D eigenvalue weighted by Crippen LogP contribution is 2.41. The number of hydrogen-bond donors (Lipinski definition) is 1. The van der Waals surface area contributed by atoms with Crippen LogP contribution in [0.1, 0.15) is 54.0 Å². The molecule has 0 aliphatic carbocycles. The van der Waals surface area contributed by atoms with Gasteiger partial charge in [0, 0.05) is 17.5 Å². The van der Waals surface area contributed by atoms with E-state index in [1.165, 1.54) is 21.9 Å². The van der Waals surface area contributed by atoms with Gasteiger partial charge in [-0.2, -0.15) is 0 Å². The van der Waals surface area contributed by atoms with Crippen LogP contribution in [-0.2, 0) is 0 Å². The van der Waals surface area contributed by atoms with Gasteiger partial charge in [-0.3, -0.25) is 0 Å². The summed E-state index contributed by atoms with van der Waals surface area (Å²) in [4.78, 5) is 0. The quantitative estimate of drug-likeness (QED) is 0.340. The van der Waals surface area contributed by atoms with E-state index in [-0.39, 0.29) is 23.9 Å². The summed E-state index contributed by atoms with van der Waals surface area (Å²) in [5, 5.41) is 6.28. The molecule has 0 spiro atoms. The summed E-state index contributed by atoms with van der Waals surface area (Å²) in [6.07, 6.45) is 1.93. The zero-order valence-corrected chi connectivity index (χ0v) is 19.2. The lowest BCUT2D eigenvalue weighted by Gasteiger charge is -2.33. The van der Waals surface area contributed by atoms with E-state index in [0.29, 0.717) is 5.56 Å². The summed E-state index contributed by atoms with van der Waals surface area (Å²) >= 11 is 0. The number of rotatable bonds is 6. The Labute approximate surface area is 195 Å². The minimum absolute atomic E-state index is 0.113. The first-order valence-electron chi connectivity index (χ1n) is 11.8. The maximum absolute atomic E-state index is 13.9. The average Bonchev–Trinajstić information content (AvgIpc) is 2.85. The van der Waals surface area contributed by atoms with E-state index in [9.17, 15) is 4.39 Å². The number of aryl methyl sites for hydroxylation is 1. The van der Waals surface area contributed by atoms with E-state index in [0.717, 1.165) is 30.7 Å². The number of halogens is 1. The van der Waals surface area contributed by atoms with Crippen LogP contribution >= 0.6 is 0 Å². The Balaban J connectivity index is 1.29. The molecule has 0 saturated carbocycles. The lowest BCUT2D eigenvalue weighted by molar-refractivity contribution is 0.154. The summed E-state index contributed by atoms with van der Waals surface area (Å²) in [7, 11) is 0. The fourth-order valence-electron chi connectivity index (χ4n) is 5.07. The second-order valence-electron chi connectivity index (χ2n) is 9.11. The summed E-state index contributed by atoms with van der Waals surface area (Å²) in [6, 6.07) is 29.1. The fourth-order valence-corrected chi connectivity index (χ4v) is 5.07. The van der Waals surface area contributed by atoms with Crippen LogP contribution < -0.4 is 10.1 Å². The van der Waals surface area contributed by atoms with Crippen molar-refractivity contribution in [1.82, 2.24) is 5.32 Å². The van der Waals surface area contributed by atoms with Gasteiger partial charge in [0.15, 0.2) is 0 Å². The third-order valence-electron chi connectivity index (χ3n) is 6.88. The minimum atomic E-state index is -0.151. The Morgan fingerprint density at radius 3 is 2.64 bits per heavy atom. The second kappa shape index (κ2) is 9.36. The Kier molecular flexibility index (Phi) is 6.15. The first-order valence-corrected chi connectivity index (χ1v) is 11.8. The zero-order chi connectivity index (χ0) is 22.8. The van der Waals surface area contributed by atoms with Crippen LogP contribution in [0.15, 0.2) is 84.9 Å². The lowest BCUT2D eigenvalue weighted by Crippen LogP contribution is -2.31. The first-order chi connectivity index (χ1) is 16.1. The number of hydrogen-bond acceptors (Lipinski definition) is 2. The number of para-hydroxylation sites is 1. The Bertz CT molecular complexity index is 1260. The maximum atomic E-state index is 13.9. The van der Waals surface area contributed by atoms with Gasteiger partial charge in [0.05, 0.1) is 0 Å². The summed E-state index contributed by atoms with van der Waals surface area (Å²) in [6.45, 7) is 4.93. The molecule has 1 N–H and O–H groups in total. The molecular weight excluding hydrogens is 409 g/mol. The Morgan fingerprint density at radius 1 is 0.970 bits per heavy atom. The summed E-state index contributed by atoms with van der Waals surface area (Å²) in [5.41, 5.74) is 4.37. The Morgan fingerprint density at radius 2 is 1.76 bits per heavy atom. The molecule has 3 heteroatoms. The van der Waals surface area contributed by atoms with E-state index >= 15 is 0 Å². The van der Waals surface area contributed by atoms with Crippen molar-refractivity contribution in [3.05, 3.63) is 113 Å². The van der Waals surface area contributed by atoms with E-state index < -0.39 is 0 Å². The number of ether oxygens (including phenoxy) is 1. The van der Waals surface area contributed by atoms with Gasteiger partial charge in [-0.1, -0.05) is 72.8 Å². The van der Waals surface area contributed by atoms with Crippen molar-refractivity contribution < 1.29 is 9.13 Å². The topological polar surface area (TPSA) is 21.3 Å². The van der Waals surface area contributed by atoms with Gasteiger partial charge in [-0.15, -0.1) is 0 Å². The van der Waals surface area contributed by atoms with Crippen LogP contribution in [0.3, 0.4) is 0 Å². The first kappa shape index (κ1) is 21.7. The van der Waals surface area contributed by atoms with Crippen molar-refractivity contribution >= 4 is 10.8 Å². The predicted octanol–water partition coefficient (Wildman–Crippen LogP) is 7.31. The lowest BCUT2D eigenvalue weighted by atomic mass is 9.83. The van der Waals surface area contributed by atoms with Gasteiger partial charge in [-0.05, 0) is 72.8 Å². The number of fused-ring (bicyclic) bond motifs is 2. The molecule has 0 radical (unpaired) electrons. The molecule has 168 valence electrons. The highest BCUT2D eigenvalue weighted by molar-refractivity contribution is 5.86. The van der Waals surface area contributed by atoms with E-state index in [1.54, 1.807) is 6.07 Å². The number of benzene rings is 4. The van der Waals surface area contributed by atoms with Gasteiger partial charge in [0.25, 0.3) is 0 Å². The normalized spacial score (nSPS) is 18.5. The molecule has 2 nitrogen and oxygen atoms in total. The van der Waals surface area contributed by atoms with Gasteiger partial charge < -0.3 is 10.1 Å². The molecule has 0 aromatic heterocycles. The molecule has 1 heterocycles. The molecule has 0 amide bonds. The van der Waals surface area contributed by atoms with Gasteiger partial charge in [-0.25, -0.2) is 4.39 Å². The van der Waals surface area contributed by atoms with Crippen molar-refractivity contribution in [3.63, 3.8) is 0 Å². The number of nitrogens with one attached hydrogen (secondary N) is 1. The molecule has 1 aliphatic rings. The van der Waals surface area contributed by atoms with E-state index in [4.69, 9.17) is 4.74 Å². The maximum Gasteiger partial charge on any atom is 0.126 e. The van der Waals surface area contributed by atoms with Crippen LogP contribution in [0.25, 0.3) is 10.8 Å². The third-order valence-corrected chi connectivity index (χ3v) is 6.88. The van der Waals surface area contributed by atoms with Crippen LogP contribution in [-0.4, -0.2) is 12.6 Å². The summed E-state index contributed by atoms with van der Waals surface area (Å²) in [5.74, 6) is 1.01. The Hall–Kier alpha value is -3.17. The molecule has 33 heavy (non-hydrogen) atoms. The molecule has 4 aromatic rings. The molecule has 3 atom stereocenters. The monoisotopic (exact) mass is 439 g/mol. The zero-order valence-electron chi connectivity index (χ0n) is 19.2. The van der Waals surface area contributed by atoms with Crippen molar-refractivity contribution in [3.8, 4) is 5.75 Å². The second-order valence-corrected chi connectivity index (χ2v) is 9.11. The molecule has 3 unspecified atom stereocenters. The molecule has 5 rings (SSSR count). The van der Waals surface area contributed by atoms with Crippen molar-refractivity contribution in [1.29, 1.82) is 0 Å². The van der Waals surface area contributed by atoms with Crippen molar-refractivity contribution in [2.45, 2.75) is 44.8 Å². The highest BCUT2D eigenvalue weighted by Gasteiger charge is 2.29. The van der Waals surface area contributed by atoms with Gasteiger partial charge in [0.2, 0.25) is 0 Å². The minimum Gasteiger partial charge on any atom is -0.490 e. The SMILES string of the molecule is Cc1cc(C2CC(CCNC(C)c3cccc4ccccc34)Oc3ccccc32)ccc1F. The van der Waals surface area contributed by atoms with Crippen LogP contribution in [0.4, 0.5) is 4.39 Å². The molecule has 4 aromatic carbocycles. The van der Waals surface area contributed by atoms with Crippen LogP contribution in [0, 0.1) is 12.7 Å². The standard InChI is InChI=1S/C30H30FNO/c1-20-18-23(14-15-29(20)31)28-19-24(33-30-13-6-5-11-27(28)30)16-17-32-21(2)25-12-7-9-22-8-3-4-10-26(22)25/h3-15,18,21,24,28,32H,16-17,19H2,1-2H3.